The van der Waals surface area contributed by atoms with E-state index in [9.17, 15) is 4.79 Å². The number of hydrogen-bond acceptors (Lipinski definition) is 3. The Bertz CT molecular complexity index is 332. The summed E-state index contributed by atoms with van der Waals surface area (Å²) in [4.78, 5) is 14.8. The lowest BCUT2D eigenvalue weighted by Gasteiger charge is -1.97. The van der Waals surface area contributed by atoms with Gasteiger partial charge in [-0.1, -0.05) is 11.8 Å². The van der Waals surface area contributed by atoms with Crippen molar-refractivity contribution in [1.82, 2.24) is 4.98 Å². The number of hydrogen-bond donors (Lipinski definition) is 0. The van der Waals surface area contributed by atoms with Crippen molar-refractivity contribution in [2.24, 2.45) is 0 Å². The number of thioether (sulfide) groups is 1. The van der Waals surface area contributed by atoms with Crippen LogP contribution in [0.25, 0.3) is 5.57 Å². The van der Waals surface area contributed by atoms with Crippen LogP contribution < -0.4 is 0 Å². The summed E-state index contributed by atoms with van der Waals surface area (Å²) < 4.78 is 0. The van der Waals surface area contributed by atoms with Gasteiger partial charge in [-0.2, -0.15) is 0 Å². The maximum atomic E-state index is 10.9. The van der Waals surface area contributed by atoms with Gasteiger partial charge in [-0.3, -0.25) is 9.78 Å². The quantitative estimate of drug-likeness (QED) is 0.654. The fourth-order valence-corrected chi connectivity index (χ4v) is 1.88. The highest BCUT2D eigenvalue weighted by molar-refractivity contribution is 8.14. The zero-order chi connectivity index (χ0) is 8.39. The van der Waals surface area contributed by atoms with Crippen LogP contribution in [0.2, 0.25) is 0 Å². The second kappa shape index (κ2) is 3.11. The van der Waals surface area contributed by atoms with Crippen molar-refractivity contribution in [3.63, 3.8) is 0 Å². The van der Waals surface area contributed by atoms with Crippen LogP contribution in [0.5, 0.6) is 0 Å². The van der Waals surface area contributed by atoms with Crippen LogP contribution in [-0.2, 0) is 4.79 Å². The van der Waals surface area contributed by atoms with Gasteiger partial charge in [0.1, 0.15) is 0 Å². The molecule has 0 bridgehead atoms. The molecule has 2 nitrogen and oxygen atoms in total. The van der Waals surface area contributed by atoms with E-state index in [1.54, 1.807) is 18.5 Å². The van der Waals surface area contributed by atoms with Crippen LogP contribution in [0.3, 0.4) is 0 Å². The second-order valence-electron chi connectivity index (χ2n) is 2.51. The molecule has 60 valence electrons. The van der Waals surface area contributed by atoms with Crippen LogP contribution in [0.4, 0.5) is 0 Å². The molecule has 1 aromatic heterocycles. The molecule has 1 aromatic rings. The molecule has 0 aromatic carbocycles. The molecule has 0 aliphatic carbocycles. The van der Waals surface area contributed by atoms with E-state index in [0.29, 0.717) is 0 Å². The van der Waals surface area contributed by atoms with Crippen LogP contribution >= 0.6 is 11.8 Å². The Balaban J connectivity index is 2.33. The number of aromatic nitrogens is 1. The Hall–Kier alpha value is -1.09. The van der Waals surface area contributed by atoms with E-state index >= 15 is 0 Å². The van der Waals surface area contributed by atoms with Crippen molar-refractivity contribution in [2.75, 3.05) is 5.75 Å². The van der Waals surface area contributed by atoms with Crippen molar-refractivity contribution < 1.29 is 4.79 Å². The van der Waals surface area contributed by atoms with Gasteiger partial charge in [-0.05, 0) is 29.3 Å². The predicted octanol–water partition coefficient (Wildman–Crippen LogP) is 1.74. The summed E-state index contributed by atoms with van der Waals surface area (Å²) >= 11 is 1.35. The molecule has 1 aliphatic rings. The van der Waals surface area contributed by atoms with Crippen LogP contribution in [-0.4, -0.2) is 15.9 Å². The summed E-state index contributed by atoms with van der Waals surface area (Å²) in [5, 5.41) is 0.154. The summed E-state index contributed by atoms with van der Waals surface area (Å²) in [6.45, 7) is 0. The first kappa shape index (κ1) is 7.55. The minimum Gasteiger partial charge on any atom is -0.282 e. The van der Waals surface area contributed by atoms with Gasteiger partial charge >= 0.3 is 0 Å². The molecule has 1 aliphatic heterocycles. The van der Waals surface area contributed by atoms with E-state index in [1.165, 1.54) is 11.8 Å². The summed E-state index contributed by atoms with van der Waals surface area (Å²) in [5.74, 6) is 0.794. The largest absolute Gasteiger partial charge is 0.282 e. The van der Waals surface area contributed by atoms with Crippen LogP contribution in [0, 0.1) is 0 Å². The average Bonchev–Trinajstić information content (AvgIpc) is 2.54. The first-order chi connectivity index (χ1) is 5.86. The molecule has 0 amide bonds. The number of nitrogens with zero attached hydrogens (tertiary/aromatic N) is 1. The van der Waals surface area contributed by atoms with Crippen LogP contribution in [0.1, 0.15) is 5.56 Å². The fourth-order valence-electron chi connectivity index (χ4n) is 1.11. The van der Waals surface area contributed by atoms with Gasteiger partial charge < -0.3 is 0 Å². The Morgan fingerprint density at radius 2 is 2.08 bits per heavy atom. The van der Waals surface area contributed by atoms with Gasteiger partial charge in [0.25, 0.3) is 0 Å². The number of pyridine rings is 1. The molecule has 0 unspecified atom stereocenters. The van der Waals surface area contributed by atoms with Crippen molar-refractivity contribution in [1.29, 1.82) is 0 Å². The average molecular weight is 177 g/mol. The molecular weight excluding hydrogens is 170 g/mol. The zero-order valence-electron chi connectivity index (χ0n) is 6.36. The first-order valence-electron chi connectivity index (χ1n) is 3.64. The summed E-state index contributed by atoms with van der Waals surface area (Å²) in [5.41, 5.74) is 2.20. The van der Waals surface area contributed by atoms with Gasteiger partial charge in [0.2, 0.25) is 5.12 Å². The molecule has 12 heavy (non-hydrogen) atoms. The summed E-state index contributed by atoms with van der Waals surface area (Å²) in [6.07, 6.45) is 5.17. The van der Waals surface area contributed by atoms with Gasteiger partial charge in [0, 0.05) is 18.1 Å². The first-order valence-corrected chi connectivity index (χ1v) is 4.62. The van der Waals surface area contributed by atoms with Gasteiger partial charge in [-0.15, -0.1) is 0 Å². The molecule has 2 rings (SSSR count). The van der Waals surface area contributed by atoms with E-state index in [2.05, 4.69) is 4.98 Å². The molecule has 0 saturated heterocycles. The van der Waals surface area contributed by atoms with Gasteiger partial charge in [0.15, 0.2) is 0 Å². The molecule has 0 N–H and O–H groups in total. The lowest BCUT2D eigenvalue weighted by molar-refractivity contribution is -0.106. The van der Waals surface area contributed by atoms with E-state index in [0.717, 1.165) is 16.9 Å². The molecule has 0 spiro atoms. The van der Waals surface area contributed by atoms with Gasteiger partial charge in [-0.25, -0.2) is 0 Å². The number of carbonyl (C=O) groups excluding carboxylic acids is 1. The topological polar surface area (TPSA) is 30.0 Å². The molecular formula is C9H7NOS. The lowest BCUT2D eigenvalue weighted by Crippen LogP contribution is -1.82. The van der Waals surface area contributed by atoms with E-state index < -0.39 is 0 Å². The van der Waals surface area contributed by atoms with Crippen molar-refractivity contribution >= 4 is 22.5 Å². The standard InChI is InChI=1S/C9H7NOS/c11-9-5-8(6-12-9)7-1-3-10-4-2-7/h1-5H,6H2. The monoisotopic (exact) mass is 177 g/mol. The molecule has 0 fully saturated rings. The van der Waals surface area contributed by atoms with Crippen molar-refractivity contribution in [3.8, 4) is 0 Å². The Morgan fingerprint density at radius 3 is 2.67 bits per heavy atom. The smallest absolute Gasteiger partial charge is 0.212 e. The second-order valence-corrected chi connectivity index (χ2v) is 3.49. The Morgan fingerprint density at radius 1 is 1.33 bits per heavy atom. The molecule has 3 heteroatoms. The maximum Gasteiger partial charge on any atom is 0.212 e. The molecule has 0 atom stereocenters. The predicted molar refractivity (Wildman–Crippen MR) is 49.7 cm³/mol. The lowest BCUT2D eigenvalue weighted by atomic mass is 10.1. The highest BCUT2D eigenvalue weighted by Crippen LogP contribution is 2.26. The maximum absolute atomic E-state index is 10.9. The Labute approximate surface area is 74.7 Å². The highest BCUT2D eigenvalue weighted by Gasteiger charge is 2.13. The SMILES string of the molecule is O=C1C=C(c2ccncc2)CS1. The van der Waals surface area contributed by atoms with E-state index in [-0.39, 0.29) is 5.12 Å². The van der Waals surface area contributed by atoms with E-state index in [1.807, 2.05) is 12.1 Å². The fraction of sp³-hybridized carbons (Fsp3) is 0.111. The number of carbonyl (C=O) groups is 1. The minimum absolute atomic E-state index is 0.154. The summed E-state index contributed by atoms with van der Waals surface area (Å²) in [6, 6.07) is 3.84. The van der Waals surface area contributed by atoms with Crippen molar-refractivity contribution in [3.05, 3.63) is 36.2 Å². The normalized spacial score (nSPS) is 16.3. The Kier molecular flexibility index (Phi) is 1.96. The third-order valence-electron chi connectivity index (χ3n) is 1.71. The third kappa shape index (κ3) is 1.41. The molecule has 2 heterocycles. The number of rotatable bonds is 1. The van der Waals surface area contributed by atoms with Gasteiger partial charge in [0.05, 0.1) is 0 Å². The molecule has 0 radical (unpaired) electrons. The highest BCUT2D eigenvalue weighted by atomic mass is 32.2. The third-order valence-corrected chi connectivity index (χ3v) is 2.57. The van der Waals surface area contributed by atoms with Crippen molar-refractivity contribution in [2.45, 2.75) is 0 Å². The minimum atomic E-state index is 0.154. The van der Waals surface area contributed by atoms with Crippen LogP contribution in [0.15, 0.2) is 30.6 Å². The van der Waals surface area contributed by atoms with E-state index in [4.69, 9.17) is 0 Å². The summed E-state index contributed by atoms with van der Waals surface area (Å²) in [7, 11) is 0. The molecule has 0 saturated carbocycles. The zero-order valence-corrected chi connectivity index (χ0v) is 7.17.